The van der Waals surface area contributed by atoms with Gasteiger partial charge in [-0.2, -0.15) is 0 Å². The van der Waals surface area contributed by atoms with E-state index in [0.717, 1.165) is 19.3 Å². The summed E-state index contributed by atoms with van der Waals surface area (Å²) in [6, 6.07) is 0. The van der Waals surface area contributed by atoms with Gasteiger partial charge in [-0.3, -0.25) is 9.59 Å². The first kappa shape index (κ1) is 29.4. The van der Waals surface area contributed by atoms with Crippen molar-refractivity contribution in [3.05, 3.63) is 24.8 Å². The minimum atomic E-state index is -0.185. The Morgan fingerprint density at radius 2 is 1.35 bits per heavy atom. The number of rotatable bonds is 22. The van der Waals surface area contributed by atoms with Crippen LogP contribution in [0.1, 0.15) is 96.8 Å². The van der Waals surface area contributed by atoms with Gasteiger partial charge in [-0.1, -0.05) is 77.0 Å². The molecule has 5 heteroatoms. The summed E-state index contributed by atoms with van der Waals surface area (Å²) >= 11 is 0. The predicted octanol–water partition coefficient (Wildman–Crippen LogP) is 6.23. The SMILES string of the molecule is C=CC(=O)N(CCOC)CCOC(=O)CCCCCCC/C=C\CCCCCCCC. The van der Waals surface area contributed by atoms with Crippen molar-refractivity contribution < 1.29 is 19.1 Å². The fourth-order valence-electron chi connectivity index (χ4n) is 3.34. The standard InChI is InChI=1S/C26H47NO4/c1-4-6-7-8-9-10-11-12-13-14-15-16-17-18-19-20-26(29)31-24-22-27(21-23-30-3)25(28)5-2/h5,12-13H,2,4,6-11,14-24H2,1,3H3/b13-12-. The lowest BCUT2D eigenvalue weighted by Crippen LogP contribution is -2.35. The van der Waals surface area contributed by atoms with Gasteiger partial charge in [0.2, 0.25) is 5.91 Å². The lowest BCUT2D eigenvalue weighted by Gasteiger charge is -2.20. The van der Waals surface area contributed by atoms with E-state index >= 15 is 0 Å². The molecule has 0 aliphatic heterocycles. The van der Waals surface area contributed by atoms with Gasteiger partial charge in [0.1, 0.15) is 6.61 Å². The van der Waals surface area contributed by atoms with E-state index in [1.54, 1.807) is 12.0 Å². The molecule has 0 aromatic rings. The number of esters is 1. The van der Waals surface area contributed by atoms with E-state index in [9.17, 15) is 9.59 Å². The molecule has 0 heterocycles. The van der Waals surface area contributed by atoms with Gasteiger partial charge in [0.25, 0.3) is 0 Å². The molecule has 0 atom stereocenters. The first-order valence-corrected chi connectivity index (χ1v) is 12.4. The van der Waals surface area contributed by atoms with Gasteiger partial charge < -0.3 is 14.4 Å². The van der Waals surface area contributed by atoms with E-state index in [1.807, 2.05) is 0 Å². The summed E-state index contributed by atoms with van der Waals surface area (Å²) in [6.07, 6.45) is 22.5. The van der Waals surface area contributed by atoms with Gasteiger partial charge in [-0.15, -0.1) is 0 Å². The molecule has 180 valence electrons. The van der Waals surface area contributed by atoms with Crippen LogP contribution in [0.5, 0.6) is 0 Å². The molecule has 0 bridgehead atoms. The Hall–Kier alpha value is -1.62. The number of carbonyl (C=O) groups is 2. The smallest absolute Gasteiger partial charge is 0.305 e. The maximum atomic E-state index is 11.8. The molecule has 0 aliphatic rings. The normalized spacial score (nSPS) is 11.0. The molecular formula is C26H47NO4. The maximum Gasteiger partial charge on any atom is 0.305 e. The molecule has 0 rings (SSSR count). The molecule has 0 fully saturated rings. The number of hydrogen-bond acceptors (Lipinski definition) is 4. The van der Waals surface area contributed by atoms with Gasteiger partial charge in [0.05, 0.1) is 13.2 Å². The molecule has 0 radical (unpaired) electrons. The minimum Gasteiger partial charge on any atom is -0.464 e. The Labute approximate surface area is 191 Å². The summed E-state index contributed by atoms with van der Waals surface area (Å²) in [6.45, 7) is 7.25. The molecule has 0 aromatic carbocycles. The molecule has 0 saturated carbocycles. The third-order valence-corrected chi connectivity index (χ3v) is 5.32. The van der Waals surface area contributed by atoms with Crippen molar-refractivity contribution in [2.45, 2.75) is 96.8 Å². The summed E-state index contributed by atoms with van der Waals surface area (Å²) in [4.78, 5) is 25.1. The number of methoxy groups -OCH3 is 1. The summed E-state index contributed by atoms with van der Waals surface area (Å²) < 4.78 is 10.2. The van der Waals surface area contributed by atoms with Crippen LogP contribution in [-0.4, -0.2) is 50.2 Å². The Morgan fingerprint density at radius 1 is 0.806 bits per heavy atom. The predicted molar refractivity (Wildman–Crippen MR) is 129 cm³/mol. The van der Waals surface area contributed by atoms with Crippen molar-refractivity contribution in [2.75, 3.05) is 33.4 Å². The van der Waals surface area contributed by atoms with E-state index in [0.29, 0.717) is 26.1 Å². The maximum absolute atomic E-state index is 11.8. The van der Waals surface area contributed by atoms with Crippen molar-refractivity contribution >= 4 is 11.9 Å². The number of nitrogens with zero attached hydrogens (tertiary/aromatic N) is 1. The summed E-state index contributed by atoms with van der Waals surface area (Å²) in [7, 11) is 1.59. The van der Waals surface area contributed by atoms with Crippen LogP contribution in [0.4, 0.5) is 0 Å². The van der Waals surface area contributed by atoms with E-state index in [4.69, 9.17) is 9.47 Å². The molecule has 0 unspecified atom stereocenters. The molecule has 0 spiro atoms. The van der Waals surface area contributed by atoms with Crippen LogP contribution in [0.3, 0.4) is 0 Å². The monoisotopic (exact) mass is 437 g/mol. The average Bonchev–Trinajstić information content (AvgIpc) is 2.78. The third-order valence-electron chi connectivity index (χ3n) is 5.32. The van der Waals surface area contributed by atoms with E-state index in [1.165, 1.54) is 70.3 Å². The number of unbranched alkanes of at least 4 members (excludes halogenated alkanes) is 11. The largest absolute Gasteiger partial charge is 0.464 e. The van der Waals surface area contributed by atoms with Crippen LogP contribution in [0.25, 0.3) is 0 Å². The zero-order valence-electron chi connectivity index (χ0n) is 20.2. The van der Waals surface area contributed by atoms with Crippen molar-refractivity contribution in [3.8, 4) is 0 Å². The van der Waals surface area contributed by atoms with Crippen LogP contribution in [0.15, 0.2) is 24.8 Å². The number of ether oxygens (including phenoxy) is 2. The second kappa shape index (κ2) is 23.1. The molecule has 31 heavy (non-hydrogen) atoms. The summed E-state index contributed by atoms with van der Waals surface area (Å²) in [5.74, 6) is -0.360. The van der Waals surface area contributed by atoms with Gasteiger partial charge >= 0.3 is 5.97 Å². The number of hydrogen-bond donors (Lipinski definition) is 0. The third kappa shape index (κ3) is 20.1. The molecule has 0 aromatic heterocycles. The average molecular weight is 438 g/mol. The molecule has 0 saturated heterocycles. The topological polar surface area (TPSA) is 55.8 Å². The van der Waals surface area contributed by atoms with Crippen molar-refractivity contribution in [1.29, 1.82) is 0 Å². The van der Waals surface area contributed by atoms with Gasteiger partial charge in [-0.05, 0) is 38.2 Å². The Kier molecular flexibility index (Phi) is 21.8. The Morgan fingerprint density at radius 3 is 1.94 bits per heavy atom. The molecule has 0 aliphatic carbocycles. The van der Waals surface area contributed by atoms with Gasteiger partial charge in [0.15, 0.2) is 0 Å². The van der Waals surface area contributed by atoms with Crippen molar-refractivity contribution in [3.63, 3.8) is 0 Å². The highest BCUT2D eigenvalue weighted by atomic mass is 16.5. The fraction of sp³-hybridized carbons (Fsp3) is 0.769. The quantitative estimate of drug-likeness (QED) is 0.0872. The van der Waals surface area contributed by atoms with Crippen LogP contribution >= 0.6 is 0 Å². The van der Waals surface area contributed by atoms with E-state index < -0.39 is 0 Å². The second-order valence-corrected chi connectivity index (χ2v) is 8.08. The summed E-state index contributed by atoms with van der Waals surface area (Å²) in [5, 5.41) is 0. The number of amides is 1. The van der Waals surface area contributed by atoms with Gasteiger partial charge in [0, 0.05) is 20.1 Å². The fourth-order valence-corrected chi connectivity index (χ4v) is 3.34. The van der Waals surface area contributed by atoms with Crippen molar-refractivity contribution in [1.82, 2.24) is 4.90 Å². The second-order valence-electron chi connectivity index (χ2n) is 8.08. The van der Waals surface area contributed by atoms with Gasteiger partial charge in [-0.25, -0.2) is 0 Å². The van der Waals surface area contributed by atoms with Crippen LogP contribution < -0.4 is 0 Å². The Bertz CT molecular complexity index is 476. The lowest BCUT2D eigenvalue weighted by atomic mass is 10.1. The lowest BCUT2D eigenvalue weighted by molar-refractivity contribution is -0.145. The Balaban J connectivity index is 3.52. The molecule has 5 nitrogen and oxygen atoms in total. The zero-order chi connectivity index (χ0) is 23.0. The molecule has 0 N–H and O–H groups in total. The van der Waals surface area contributed by atoms with Crippen LogP contribution in [-0.2, 0) is 19.1 Å². The number of allylic oxidation sites excluding steroid dienone is 2. The zero-order valence-corrected chi connectivity index (χ0v) is 20.2. The highest BCUT2D eigenvalue weighted by Gasteiger charge is 2.11. The highest BCUT2D eigenvalue weighted by Crippen LogP contribution is 2.10. The van der Waals surface area contributed by atoms with E-state index in [2.05, 4.69) is 25.7 Å². The molecule has 1 amide bonds. The molecular weight excluding hydrogens is 390 g/mol. The number of carbonyl (C=O) groups excluding carboxylic acids is 2. The van der Waals surface area contributed by atoms with Crippen molar-refractivity contribution in [2.24, 2.45) is 0 Å². The van der Waals surface area contributed by atoms with Crippen LogP contribution in [0.2, 0.25) is 0 Å². The van der Waals surface area contributed by atoms with E-state index in [-0.39, 0.29) is 18.5 Å². The minimum absolute atomic E-state index is 0.176. The first-order chi connectivity index (χ1) is 15.2. The summed E-state index contributed by atoms with van der Waals surface area (Å²) in [5.41, 5.74) is 0. The highest BCUT2D eigenvalue weighted by molar-refractivity contribution is 5.87. The first-order valence-electron chi connectivity index (χ1n) is 12.4. The van der Waals surface area contributed by atoms with Crippen LogP contribution in [0, 0.1) is 0 Å².